The molecule has 3 rings (SSSR count). The van der Waals surface area contributed by atoms with Gasteiger partial charge in [0.2, 0.25) is 0 Å². The van der Waals surface area contributed by atoms with Gasteiger partial charge in [-0.25, -0.2) is 9.18 Å². The van der Waals surface area contributed by atoms with Crippen molar-refractivity contribution in [3.05, 3.63) is 94.7 Å². The van der Waals surface area contributed by atoms with Crippen LogP contribution in [0, 0.1) is 12.7 Å². The van der Waals surface area contributed by atoms with E-state index < -0.39 is 11.8 Å². The second-order valence-electron chi connectivity index (χ2n) is 6.25. The maximum atomic E-state index is 13.4. The molecule has 4 nitrogen and oxygen atoms in total. The Morgan fingerprint density at radius 3 is 2.14 bits per heavy atom. The van der Waals surface area contributed by atoms with Crippen molar-refractivity contribution in [2.75, 3.05) is 7.11 Å². The second kappa shape index (κ2) is 8.05. The predicted molar refractivity (Wildman–Crippen MR) is 104 cm³/mol. The Balaban J connectivity index is 2.37. The molecule has 0 atom stereocenters. The normalized spacial score (nSPS) is 11.7. The van der Waals surface area contributed by atoms with Crippen LogP contribution in [0.5, 0.6) is 0 Å². The quantitative estimate of drug-likeness (QED) is 0.269. The Morgan fingerprint density at radius 2 is 1.61 bits per heavy atom. The maximum Gasteiger partial charge on any atom is 0.339 e. The van der Waals surface area contributed by atoms with Crippen LogP contribution in [0.1, 0.15) is 39.9 Å². The molecular weight excluding hydrogens is 359 g/mol. The minimum Gasteiger partial charge on any atom is -0.465 e. The van der Waals surface area contributed by atoms with Crippen LogP contribution in [-0.2, 0) is 9.53 Å². The molecule has 0 aliphatic rings. The highest BCUT2D eigenvalue weighted by Gasteiger charge is 2.25. The Kier molecular flexibility index (Phi) is 5.54. The molecule has 28 heavy (non-hydrogen) atoms. The summed E-state index contributed by atoms with van der Waals surface area (Å²) in [5, 5.41) is 0. The van der Waals surface area contributed by atoms with E-state index >= 15 is 0 Å². The number of hydrogen-bond donors (Lipinski definition) is 0. The highest BCUT2D eigenvalue weighted by Crippen LogP contribution is 2.35. The second-order valence-corrected chi connectivity index (χ2v) is 6.25. The molecule has 0 fully saturated rings. The van der Waals surface area contributed by atoms with Crippen molar-refractivity contribution in [3.8, 4) is 0 Å². The molecular formula is C23H19FO4. The van der Waals surface area contributed by atoms with Gasteiger partial charge in [0.1, 0.15) is 17.3 Å². The van der Waals surface area contributed by atoms with Crippen LogP contribution in [0.4, 0.5) is 4.39 Å². The third kappa shape index (κ3) is 3.78. The molecule has 2 aromatic carbocycles. The summed E-state index contributed by atoms with van der Waals surface area (Å²) < 4.78 is 24.3. The average molecular weight is 378 g/mol. The van der Waals surface area contributed by atoms with E-state index in [0.717, 1.165) is 0 Å². The van der Waals surface area contributed by atoms with Gasteiger partial charge in [0.25, 0.3) is 0 Å². The number of furan rings is 1. The fourth-order valence-electron chi connectivity index (χ4n) is 3.05. The van der Waals surface area contributed by atoms with Gasteiger partial charge in [-0.3, -0.25) is 4.79 Å². The summed E-state index contributed by atoms with van der Waals surface area (Å²) >= 11 is 0. The van der Waals surface area contributed by atoms with Crippen LogP contribution in [0.3, 0.4) is 0 Å². The van der Waals surface area contributed by atoms with Gasteiger partial charge < -0.3 is 9.15 Å². The van der Waals surface area contributed by atoms with Gasteiger partial charge >= 0.3 is 5.97 Å². The Morgan fingerprint density at radius 1 is 0.964 bits per heavy atom. The summed E-state index contributed by atoms with van der Waals surface area (Å²) in [6.07, 6.45) is 0. The lowest BCUT2D eigenvalue weighted by Crippen LogP contribution is -2.08. The summed E-state index contributed by atoms with van der Waals surface area (Å²) in [5.41, 5.74) is 2.31. The number of aryl methyl sites for hydroxylation is 1. The largest absolute Gasteiger partial charge is 0.465 e. The van der Waals surface area contributed by atoms with E-state index in [1.165, 1.54) is 38.3 Å². The zero-order valence-corrected chi connectivity index (χ0v) is 15.8. The third-order valence-electron chi connectivity index (χ3n) is 4.38. The van der Waals surface area contributed by atoms with Gasteiger partial charge in [-0.05, 0) is 43.2 Å². The van der Waals surface area contributed by atoms with E-state index in [2.05, 4.69) is 0 Å². The first kappa shape index (κ1) is 19.3. The van der Waals surface area contributed by atoms with E-state index in [4.69, 9.17) is 9.15 Å². The number of carbonyl (C=O) groups excluding carboxylic acids is 2. The van der Waals surface area contributed by atoms with Crippen LogP contribution < -0.4 is 0 Å². The lowest BCUT2D eigenvalue weighted by atomic mass is 9.92. The number of rotatable bonds is 5. The number of hydrogen-bond acceptors (Lipinski definition) is 4. The third-order valence-corrected chi connectivity index (χ3v) is 4.38. The number of benzene rings is 2. The molecule has 1 heterocycles. The Bertz CT molecular complexity index is 1040. The smallest absolute Gasteiger partial charge is 0.339 e. The number of methoxy groups -OCH3 is 1. The zero-order valence-electron chi connectivity index (χ0n) is 15.8. The van der Waals surface area contributed by atoms with Gasteiger partial charge in [-0.2, -0.15) is 0 Å². The van der Waals surface area contributed by atoms with E-state index in [9.17, 15) is 14.0 Å². The van der Waals surface area contributed by atoms with Crippen LogP contribution in [-0.4, -0.2) is 18.9 Å². The van der Waals surface area contributed by atoms with Crippen LogP contribution in [0.25, 0.3) is 11.1 Å². The van der Waals surface area contributed by atoms with Crippen molar-refractivity contribution in [2.24, 2.45) is 0 Å². The summed E-state index contributed by atoms with van der Waals surface area (Å²) in [6, 6.07) is 16.3. The van der Waals surface area contributed by atoms with E-state index in [1.54, 1.807) is 13.0 Å². The molecule has 0 saturated carbocycles. The first-order valence-electron chi connectivity index (χ1n) is 8.68. The maximum absolute atomic E-state index is 13.4. The van der Waals surface area contributed by atoms with Crippen molar-refractivity contribution in [3.63, 3.8) is 0 Å². The molecule has 0 radical (unpaired) electrons. The summed E-state index contributed by atoms with van der Waals surface area (Å²) in [7, 11) is 1.28. The van der Waals surface area contributed by atoms with Crippen molar-refractivity contribution < 1.29 is 23.1 Å². The number of carbonyl (C=O) groups is 2. The molecule has 0 amide bonds. The number of esters is 1. The highest BCUT2D eigenvalue weighted by molar-refractivity contribution is 6.26. The number of halogens is 1. The molecule has 1 aromatic heterocycles. The molecule has 0 aliphatic heterocycles. The minimum absolute atomic E-state index is 0.138. The SMILES string of the molecule is COC(=O)/C(=C(\c1ccccc1)c1cc(C(C)=O)c(C)o1)c1ccc(F)cc1. The van der Waals surface area contributed by atoms with E-state index in [1.807, 2.05) is 30.3 Å². The molecule has 0 N–H and O–H groups in total. The van der Waals surface area contributed by atoms with Crippen molar-refractivity contribution >= 4 is 22.9 Å². The minimum atomic E-state index is -0.594. The van der Waals surface area contributed by atoms with Gasteiger partial charge in [-0.15, -0.1) is 0 Å². The topological polar surface area (TPSA) is 56.5 Å². The van der Waals surface area contributed by atoms with Gasteiger partial charge in [0.15, 0.2) is 5.78 Å². The van der Waals surface area contributed by atoms with Crippen molar-refractivity contribution in [1.82, 2.24) is 0 Å². The molecule has 5 heteroatoms. The fraction of sp³-hybridized carbons (Fsp3) is 0.130. The van der Waals surface area contributed by atoms with Gasteiger partial charge in [0.05, 0.1) is 18.2 Å². The van der Waals surface area contributed by atoms with Crippen LogP contribution in [0.15, 0.2) is 65.1 Å². The molecule has 0 aliphatic carbocycles. The van der Waals surface area contributed by atoms with Crippen LogP contribution >= 0.6 is 0 Å². The summed E-state index contributed by atoms with van der Waals surface area (Å²) in [6.45, 7) is 3.15. The van der Waals surface area contributed by atoms with E-state index in [0.29, 0.717) is 33.8 Å². The van der Waals surface area contributed by atoms with Gasteiger partial charge in [0, 0.05) is 5.57 Å². The lowest BCUT2D eigenvalue weighted by Gasteiger charge is -2.13. The molecule has 0 spiro atoms. The molecule has 0 unspecified atom stereocenters. The van der Waals surface area contributed by atoms with E-state index in [-0.39, 0.29) is 11.4 Å². The van der Waals surface area contributed by atoms with Crippen molar-refractivity contribution in [1.29, 1.82) is 0 Å². The lowest BCUT2D eigenvalue weighted by molar-refractivity contribution is -0.133. The number of ketones is 1. The molecule has 0 bridgehead atoms. The Hall–Kier alpha value is -3.47. The zero-order chi connectivity index (χ0) is 20.3. The molecule has 142 valence electrons. The molecule has 3 aromatic rings. The Labute approximate surface area is 162 Å². The number of Topliss-reactive ketones (excluding diaryl/α,β-unsaturated/α-hetero) is 1. The first-order valence-corrected chi connectivity index (χ1v) is 8.68. The number of ether oxygens (including phenoxy) is 1. The summed E-state index contributed by atoms with van der Waals surface area (Å²) in [4.78, 5) is 24.6. The molecule has 0 saturated heterocycles. The monoisotopic (exact) mass is 378 g/mol. The standard InChI is InChI=1S/C23H19FO4/c1-14(25)19-13-20(28-15(19)2)21(16-7-5-4-6-8-16)22(23(26)27-3)17-9-11-18(24)12-10-17/h4-13H,1-3H3/b22-21+. The average Bonchev–Trinajstić information content (AvgIpc) is 3.08. The highest BCUT2D eigenvalue weighted by atomic mass is 19.1. The fourth-order valence-corrected chi connectivity index (χ4v) is 3.05. The van der Waals surface area contributed by atoms with Crippen molar-refractivity contribution in [2.45, 2.75) is 13.8 Å². The van der Waals surface area contributed by atoms with Crippen LogP contribution in [0.2, 0.25) is 0 Å². The predicted octanol–water partition coefficient (Wildman–Crippen LogP) is 5.06. The van der Waals surface area contributed by atoms with Gasteiger partial charge in [-0.1, -0.05) is 42.5 Å². The summed E-state index contributed by atoms with van der Waals surface area (Å²) in [5.74, 6) is -0.329. The first-order chi connectivity index (χ1) is 13.4.